The highest BCUT2D eigenvalue weighted by Crippen LogP contribution is 2.39. The number of ether oxygens (including phenoxy) is 6. The maximum absolute atomic E-state index is 13.6. The number of carbonyl (C=O) groups excluding carboxylic acids is 2. The first-order valence-electron chi connectivity index (χ1n) is 25.5. The van der Waals surface area contributed by atoms with Crippen molar-refractivity contribution in [1.82, 2.24) is 0 Å². The topological polar surface area (TPSA) is 89.5 Å². The van der Waals surface area contributed by atoms with Crippen LogP contribution in [0.25, 0.3) is 0 Å². The minimum Gasteiger partial charge on any atom is -0.462 e. The molecule has 2 aliphatic rings. The Hall–Kier alpha value is -2.78. The molecule has 0 aliphatic carbocycles. The molecule has 2 aromatic rings. The first-order chi connectivity index (χ1) is 30.4. The summed E-state index contributed by atoms with van der Waals surface area (Å²) in [5, 5.41) is 0. The average Bonchev–Trinajstić information content (AvgIpc) is 3.29. The van der Waals surface area contributed by atoms with Crippen LogP contribution in [0.2, 0.25) is 0 Å². The van der Waals surface area contributed by atoms with Crippen LogP contribution in [-0.4, -0.2) is 49.6 Å². The van der Waals surface area contributed by atoms with Gasteiger partial charge in [-0.05, 0) is 18.8 Å². The summed E-state index contributed by atoms with van der Waals surface area (Å²) in [5.41, 5.74) is 1.71. The summed E-state index contributed by atoms with van der Waals surface area (Å²) < 4.78 is 38.0. The molecule has 0 N–H and O–H groups in total. The molecule has 4 rings (SSSR count). The summed E-state index contributed by atoms with van der Waals surface area (Å²) in [7, 11) is 0. The standard InChI is InChI=1S/C54H86O8/c1-4-5-6-7-8-9-10-11-12-13-14-18-21-24-33-40-49(55)57-42-47(59-50(56)41-34-25-22-19-16-15-17-20-23-28-35-44(2)3)51-52-48(60-54(62-51)46-38-31-27-32-39-46)43-58-53(61-52)45-36-29-26-30-37-45/h26-27,29-32,36-39,44,47-48,51-54H,4-25,28,33-35,40-43H2,1-3H3. The molecule has 0 saturated carbocycles. The second-order valence-corrected chi connectivity index (χ2v) is 18.6. The average molecular weight is 863 g/mol. The van der Waals surface area contributed by atoms with Crippen molar-refractivity contribution in [3.8, 4) is 0 Å². The van der Waals surface area contributed by atoms with Gasteiger partial charge in [0, 0.05) is 24.0 Å². The molecule has 0 radical (unpaired) electrons. The van der Waals surface area contributed by atoms with Gasteiger partial charge in [0.25, 0.3) is 0 Å². The van der Waals surface area contributed by atoms with Crippen LogP contribution in [0, 0.1) is 5.92 Å². The van der Waals surface area contributed by atoms with Gasteiger partial charge >= 0.3 is 11.9 Å². The molecule has 6 unspecified atom stereocenters. The molecule has 62 heavy (non-hydrogen) atoms. The lowest BCUT2D eigenvalue weighted by molar-refractivity contribution is -0.373. The number of esters is 2. The van der Waals surface area contributed by atoms with Crippen LogP contribution >= 0.6 is 0 Å². The molecule has 2 aromatic carbocycles. The molecule has 2 aliphatic heterocycles. The maximum atomic E-state index is 13.6. The summed E-state index contributed by atoms with van der Waals surface area (Å²) in [6.45, 7) is 7.03. The van der Waals surface area contributed by atoms with E-state index in [2.05, 4.69) is 20.8 Å². The fraction of sp³-hybridized carbons (Fsp3) is 0.741. The largest absolute Gasteiger partial charge is 0.462 e. The second-order valence-electron chi connectivity index (χ2n) is 18.6. The minimum atomic E-state index is -0.884. The van der Waals surface area contributed by atoms with E-state index in [1.165, 1.54) is 128 Å². The van der Waals surface area contributed by atoms with E-state index < -0.39 is 37.0 Å². The second kappa shape index (κ2) is 32.8. The Morgan fingerprint density at radius 3 is 1.50 bits per heavy atom. The Morgan fingerprint density at radius 1 is 0.548 bits per heavy atom. The van der Waals surface area contributed by atoms with Crippen molar-refractivity contribution >= 4 is 11.9 Å². The smallest absolute Gasteiger partial charge is 0.306 e. The predicted molar refractivity (Wildman–Crippen MR) is 250 cm³/mol. The number of fused-ring (bicyclic) bond motifs is 1. The zero-order valence-electron chi connectivity index (χ0n) is 39.3. The van der Waals surface area contributed by atoms with E-state index in [9.17, 15) is 9.59 Å². The molecule has 8 heteroatoms. The van der Waals surface area contributed by atoms with Crippen molar-refractivity contribution in [3.63, 3.8) is 0 Å². The Balaban J connectivity index is 1.26. The Labute approximate surface area is 377 Å². The normalized spacial score (nSPS) is 20.5. The van der Waals surface area contributed by atoms with Crippen molar-refractivity contribution in [3.05, 3.63) is 71.8 Å². The van der Waals surface area contributed by atoms with Gasteiger partial charge in [0.1, 0.15) is 24.9 Å². The van der Waals surface area contributed by atoms with Crippen LogP contribution in [0.3, 0.4) is 0 Å². The third kappa shape index (κ3) is 21.7. The van der Waals surface area contributed by atoms with Gasteiger partial charge in [0.15, 0.2) is 18.7 Å². The van der Waals surface area contributed by atoms with Crippen LogP contribution in [0.5, 0.6) is 0 Å². The van der Waals surface area contributed by atoms with Gasteiger partial charge in [-0.15, -0.1) is 0 Å². The summed E-state index contributed by atoms with van der Waals surface area (Å²) in [6.07, 6.45) is 28.8. The maximum Gasteiger partial charge on any atom is 0.306 e. The minimum absolute atomic E-state index is 0.115. The highest BCUT2D eigenvalue weighted by molar-refractivity contribution is 5.70. The lowest BCUT2D eigenvalue weighted by Gasteiger charge is -2.47. The van der Waals surface area contributed by atoms with Crippen LogP contribution < -0.4 is 0 Å². The van der Waals surface area contributed by atoms with Crippen LogP contribution in [-0.2, 0) is 38.0 Å². The van der Waals surface area contributed by atoms with E-state index >= 15 is 0 Å². The molecule has 8 nitrogen and oxygen atoms in total. The van der Waals surface area contributed by atoms with Crippen molar-refractivity contribution in [2.24, 2.45) is 5.92 Å². The number of benzene rings is 2. The molecule has 350 valence electrons. The van der Waals surface area contributed by atoms with Crippen molar-refractivity contribution < 1.29 is 38.0 Å². The molecular formula is C54H86O8. The van der Waals surface area contributed by atoms with E-state index in [1.54, 1.807) is 0 Å². The van der Waals surface area contributed by atoms with E-state index in [4.69, 9.17) is 28.4 Å². The molecule has 2 saturated heterocycles. The molecule has 0 aromatic heterocycles. The zero-order valence-corrected chi connectivity index (χ0v) is 39.3. The summed E-state index contributed by atoms with van der Waals surface area (Å²) in [4.78, 5) is 26.7. The van der Waals surface area contributed by atoms with Gasteiger partial charge in [-0.1, -0.05) is 236 Å². The molecule has 6 atom stereocenters. The van der Waals surface area contributed by atoms with Gasteiger partial charge in [0.2, 0.25) is 0 Å². The highest BCUT2D eigenvalue weighted by atomic mass is 16.8. The summed E-state index contributed by atoms with van der Waals surface area (Å²) in [5.74, 6) is 0.205. The van der Waals surface area contributed by atoms with Gasteiger partial charge in [0.05, 0.1) is 6.61 Å². The van der Waals surface area contributed by atoms with Crippen LogP contribution in [0.4, 0.5) is 0 Å². The summed E-state index contributed by atoms with van der Waals surface area (Å²) in [6, 6.07) is 19.5. The Kier molecular flexibility index (Phi) is 27.4. The van der Waals surface area contributed by atoms with E-state index in [1.807, 2.05) is 60.7 Å². The first kappa shape index (κ1) is 51.9. The number of rotatable bonds is 35. The third-order valence-electron chi connectivity index (χ3n) is 12.6. The van der Waals surface area contributed by atoms with Gasteiger partial charge in [-0.2, -0.15) is 0 Å². The highest BCUT2D eigenvalue weighted by Gasteiger charge is 2.50. The molecule has 0 bridgehead atoms. The Morgan fingerprint density at radius 2 is 1.00 bits per heavy atom. The molecule has 0 amide bonds. The van der Waals surface area contributed by atoms with E-state index in [0.29, 0.717) is 12.8 Å². The zero-order chi connectivity index (χ0) is 43.9. The third-order valence-corrected chi connectivity index (χ3v) is 12.6. The SMILES string of the molecule is CCCCCCCCCCCCCCCCCC(=O)OCC(OC(=O)CCCCCCCCCCCCC(C)C)C1OC(c2ccccc2)OC2COC(c3ccccc3)OC21. The number of hydrogen-bond donors (Lipinski definition) is 0. The Bertz CT molecular complexity index is 1400. The van der Waals surface area contributed by atoms with Gasteiger partial charge in [-0.25, -0.2) is 0 Å². The lowest BCUT2D eigenvalue weighted by Crippen LogP contribution is -2.59. The molecular weight excluding hydrogens is 777 g/mol. The van der Waals surface area contributed by atoms with Crippen LogP contribution in [0.15, 0.2) is 60.7 Å². The summed E-state index contributed by atoms with van der Waals surface area (Å²) >= 11 is 0. The number of unbranched alkanes of at least 4 members (excludes halogenated alkanes) is 23. The fourth-order valence-electron chi connectivity index (χ4n) is 8.76. The quantitative estimate of drug-likeness (QED) is 0.0500. The monoisotopic (exact) mass is 863 g/mol. The lowest BCUT2D eigenvalue weighted by atomic mass is 9.99. The molecule has 2 fully saturated rings. The van der Waals surface area contributed by atoms with E-state index in [0.717, 1.165) is 55.6 Å². The first-order valence-corrected chi connectivity index (χ1v) is 25.5. The van der Waals surface area contributed by atoms with Crippen molar-refractivity contribution in [2.45, 2.75) is 238 Å². The van der Waals surface area contributed by atoms with Crippen LogP contribution in [0.1, 0.15) is 224 Å². The number of carbonyl (C=O) groups is 2. The fourth-order valence-corrected chi connectivity index (χ4v) is 8.76. The van der Waals surface area contributed by atoms with E-state index in [-0.39, 0.29) is 25.2 Å². The molecule has 2 heterocycles. The molecule has 0 spiro atoms. The van der Waals surface area contributed by atoms with Gasteiger partial charge in [-0.3, -0.25) is 9.59 Å². The predicted octanol–water partition coefficient (Wildman–Crippen LogP) is 14.6. The number of hydrogen-bond acceptors (Lipinski definition) is 8. The van der Waals surface area contributed by atoms with Gasteiger partial charge < -0.3 is 28.4 Å². The van der Waals surface area contributed by atoms with Crippen molar-refractivity contribution in [2.75, 3.05) is 13.2 Å². The van der Waals surface area contributed by atoms with Crippen molar-refractivity contribution in [1.29, 1.82) is 0 Å².